The summed E-state index contributed by atoms with van der Waals surface area (Å²) in [6.07, 6.45) is -6.72. The quantitative estimate of drug-likeness (QED) is 0.461. The van der Waals surface area contributed by atoms with Crippen LogP contribution in [0.3, 0.4) is 0 Å². The lowest BCUT2D eigenvalue weighted by molar-refractivity contribution is -0.219. The molecule has 9 heteroatoms. The van der Waals surface area contributed by atoms with Gasteiger partial charge in [0, 0.05) is 5.56 Å². The van der Waals surface area contributed by atoms with Crippen LogP contribution in [0.15, 0.2) is 18.2 Å². The van der Waals surface area contributed by atoms with Gasteiger partial charge in [0.2, 0.25) is 0 Å². The Labute approximate surface area is 149 Å². The van der Waals surface area contributed by atoms with Crippen molar-refractivity contribution in [2.24, 2.45) is 0 Å². The zero-order valence-electron chi connectivity index (χ0n) is 14.3. The van der Waals surface area contributed by atoms with E-state index in [0.29, 0.717) is 0 Å². The van der Waals surface area contributed by atoms with Crippen molar-refractivity contribution in [1.82, 2.24) is 0 Å². The molecule has 0 spiro atoms. The Morgan fingerprint density at radius 2 is 1.81 bits per heavy atom. The number of hydrogen-bond acceptors (Lipinski definition) is 7. The molecule has 9 nitrogen and oxygen atoms in total. The van der Waals surface area contributed by atoms with Crippen molar-refractivity contribution in [2.45, 2.75) is 49.8 Å². The van der Waals surface area contributed by atoms with Crippen molar-refractivity contribution in [3.63, 3.8) is 0 Å². The average molecular weight is 370 g/mol. The summed E-state index contributed by atoms with van der Waals surface area (Å²) in [5.74, 6) is -3.60. The van der Waals surface area contributed by atoms with E-state index in [1.54, 1.807) is 0 Å². The number of ether oxygens (including phenoxy) is 2. The maximum absolute atomic E-state index is 11.4. The Morgan fingerprint density at radius 1 is 1.15 bits per heavy atom. The second-order valence-electron chi connectivity index (χ2n) is 6.22. The van der Waals surface area contributed by atoms with Gasteiger partial charge in [0.1, 0.15) is 30.2 Å². The van der Waals surface area contributed by atoms with Gasteiger partial charge in [-0.2, -0.15) is 0 Å². The third-order valence-electron chi connectivity index (χ3n) is 4.49. The van der Waals surface area contributed by atoms with Gasteiger partial charge in [0.25, 0.3) is 0 Å². The van der Waals surface area contributed by atoms with Gasteiger partial charge >= 0.3 is 11.9 Å². The van der Waals surface area contributed by atoms with Gasteiger partial charge in [-0.05, 0) is 24.6 Å². The minimum Gasteiger partial charge on any atom is -0.496 e. The molecule has 26 heavy (non-hydrogen) atoms. The molecule has 0 amide bonds. The summed E-state index contributed by atoms with van der Waals surface area (Å²) in [7, 11) is 1.37. The van der Waals surface area contributed by atoms with E-state index in [-0.39, 0.29) is 16.9 Å². The van der Waals surface area contributed by atoms with E-state index in [0.717, 1.165) is 0 Å². The van der Waals surface area contributed by atoms with Crippen molar-refractivity contribution in [3.05, 3.63) is 29.3 Å². The van der Waals surface area contributed by atoms with Crippen LogP contribution in [0, 0.1) is 0 Å². The molecular formula is C17H22O9. The number of aliphatic carboxylic acids is 2. The summed E-state index contributed by atoms with van der Waals surface area (Å²) < 4.78 is 10.8. The molecule has 1 aliphatic rings. The number of aliphatic hydroxyl groups is 3. The van der Waals surface area contributed by atoms with Crippen LogP contribution >= 0.6 is 0 Å². The first kappa shape index (κ1) is 20.1. The number of aliphatic hydroxyl groups excluding tert-OH is 3. The zero-order chi connectivity index (χ0) is 19.6. The van der Waals surface area contributed by atoms with Crippen LogP contribution < -0.4 is 4.74 Å². The third-order valence-corrected chi connectivity index (χ3v) is 4.49. The molecule has 0 aromatic heterocycles. The Balaban J connectivity index is 2.47. The second kappa shape index (κ2) is 8.00. The molecule has 0 aliphatic carbocycles. The van der Waals surface area contributed by atoms with Gasteiger partial charge in [-0.15, -0.1) is 0 Å². The summed E-state index contributed by atoms with van der Waals surface area (Å²) in [5, 5.41) is 48.4. The lowest BCUT2D eigenvalue weighted by Gasteiger charge is -2.40. The van der Waals surface area contributed by atoms with Crippen molar-refractivity contribution in [1.29, 1.82) is 0 Å². The second-order valence-corrected chi connectivity index (χ2v) is 6.22. The molecule has 1 saturated heterocycles. The molecule has 1 heterocycles. The molecule has 0 bridgehead atoms. The van der Waals surface area contributed by atoms with Crippen LogP contribution in [-0.4, -0.2) is 69.0 Å². The molecule has 1 aromatic carbocycles. The fourth-order valence-electron chi connectivity index (χ4n) is 3.02. The molecule has 6 atom stereocenters. The minimum atomic E-state index is -1.48. The number of hydrogen-bond donors (Lipinski definition) is 5. The maximum Gasteiger partial charge on any atom is 0.311 e. The van der Waals surface area contributed by atoms with E-state index in [2.05, 4.69) is 0 Å². The number of carboxylic acid groups (broad SMARTS) is 2. The Kier molecular flexibility index (Phi) is 6.19. The summed E-state index contributed by atoms with van der Waals surface area (Å²) in [6.45, 7) is 1.52. The van der Waals surface area contributed by atoms with E-state index < -0.39 is 54.8 Å². The summed E-state index contributed by atoms with van der Waals surface area (Å²) in [6, 6.07) is 4.25. The molecule has 1 aromatic rings. The van der Waals surface area contributed by atoms with Crippen molar-refractivity contribution in [2.75, 3.05) is 7.11 Å². The van der Waals surface area contributed by atoms with E-state index in [1.807, 2.05) is 0 Å². The predicted molar refractivity (Wildman–Crippen MR) is 86.9 cm³/mol. The summed E-state index contributed by atoms with van der Waals surface area (Å²) in [5.41, 5.74) is 0.451. The lowest BCUT2D eigenvalue weighted by Crippen LogP contribution is -2.53. The zero-order valence-corrected chi connectivity index (χ0v) is 14.3. The predicted octanol–water partition coefficient (Wildman–Crippen LogP) is -0.119. The van der Waals surface area contributed by atoms with Crippen molar-refractivity contribution < 1.29 is 44.6 Å². The number of rotatable bonds is 6. The highest BCUT2D eigenvalue weighted by atomic mass is 16.5. The van der Waals surface area contributed by atoms with E-state index in [1.165, 1.54) is 32.2 Å². The number of benzene rings is 1. The molecule has 1 unspecified atom stereocenters. The van der Waals surface area contributed by atoms with Gasteiger partial charge in [0.05, 0.1) is 25.6 Å². The van der Waals surface area contributed by atoms with Gasteiger partial charge in [-0.3, -0.25) is 9.59 Å². The molecule has 0 saturated carbocycles. The molecule has 1 aliphatic heterocycles. The topological polar surface area (TPSA) is 154 Å². The van der Waals surface area contributed by atoms with Gasteiger partial charge in [-0.25, -0.2) is 0 Å². The fourth-order valence-corrected chi connectivity index (χ4v) is 3.02. The molecule has 2 rings (SSSR count). The van der Waals surface area contributed by atoms with Crippen molar-refractivity contribution >= 4 is 11.9 Å². The monoisotopic (exact) mass is 370 g/mol. The lowest BCUT2D eigenvalue weighted by atomic mass is 9.88. The van der Waals surface area contributed by atoms with Gasteiger partial charge < -0.3 is 35.0 Å². The third kappa shape index (κ3) is 3.96. The Bertz CT molecular complexity index is 674. The molecule has 144 valence electrons. The minimum absolute atomic E-state index is 0.194. The highest BCUT2D eigenvalue weighted by Gasteiger charge is 2.43. The molecular weight excluding hydrogens is 348 g/mol. The molecule has 1 fully saturated rings. The normalized spacial score (nSPS) is 29.8. The van der Waals surface area contributed by atoms with E-state index in [9.17, 15) is 30.0 Å². The Morgan fingerprint density at radius 3 is 2.35 bits per heavy atom. The highest BCUT2D eigenvalue weighted by molar-refractivity contribution is 5.82. The van der Waals surface area contributed by atoms with Gasteiger partial charge in [0.15, 0.2) is 0 Å². The SMILES string of the molecule is COc1ccc(C(CC(=O)O)C(=O)O)cc1[C@H]1O[C@@H](C)[C@@H](O)[C@@H](O)[C@@H]1O. The first-order chi connectivity index (χ1) is 12.2. The Hall–Kier alpha value is -2.20. The molecule has 0 radical (unpaired) electrons. The standard InChI is InChI=1S/C17H22O9/c1-7-13(20)14(21)15(22)16(26-7)10-5-8(3-4-11(10)25-2)9(17(23)24)6-12(18)19/h3-5,7,9,13-16,20-22H,6H2,1-2H3,(H,18,19)(H,23,24)/t7-,9?,13+,14+,15-,16+/m0/s1. The first-order valence-electron chi connectivity index (χ1n) is 7.99. The fraction of sp³-hybridized carbons (Fsp3) is 0.529. The van der Waals surface area contributed by atoms with E-state index in [4.69, 9.17) is 14.6 Å². The highest BCUT2D eigenvalue weighted by Crippen LogP contribution is 2.38. The largest absolute Gasteiger partial charge is 0.496 e. The summed E-state index contributed by atoms with van der Waals surface area (Å²) in [4.78, 5) is 22.4. The van der Waals surface area contributed by atoms with Gasteiger partial charge in [-0.1, -0.05) is 6.07 Å². The van der Waals surface area contributed by atoms with Crippen LogP contribution in [0.25, 0.3) is 0 Å². The van der Waals surface area contributed by atoms with Crippen LogP contribution in [0.5, 0.6) is 5.75 Å². The van der Waals surface area contributed by atoms with Crippen LogP contribution in [-0.2, 0) is 14.3 Å². The number of carboxylic acids is 2. The van der Waals surface area contributed by atoms with E-state index >= 15 is 0 Å². The van der Waals surface area contributed by atoms with Crippen LogP contribution in [0.1, 0.15) is 36.5 Å². The van der Waals surface area contributed by atoms with Crippen LogP contribution in [0.4, 0.5) is 0 Å². The smallest absolute Gasteiger partial charge is 0.311 e. The number of carbonyl (C=O) groups is 2. The summed E-state index contributed by atoms with van der Waals surface area (Å²) >= 11 is 0. The van der Waals surface area contributed by atoms with Crippen molar-refractivity contribution in [3.8, 4) is 5.75 Å². The molecule has 5 N–H and O–H groups in total. The number of methoxy groups -OCH3 is 1. The van der Waals surface area contributed by atoms with Crippen LogP contribution in [0.2, 0.25) is 0 Å². The average Bonchev–Trinajstić information content (AvgIpc) is 2.60. The first-order valence-corrected chi connectivity index (χ1v) is 7.99. The maximum atomic E-state index is 11.4.